The van der Waals surface area contributed by atoms with Crippen LogP contribution in [0.4, 0.5) is 17.1 Å². The monoisotopic (exact) mass is 302 g/mol. The zero-order valence-electron chi connectivity index (χ0n) is 11.1. The molecule has 2 rings (SSSR count). The van der Waals surface area contributed by atoms with Crippen LogP contribution in [0.1, 0.15) is 5.56 Å². The number of nitro groups is 2. The summed E-state index contributed by atoms with van der Waals surface area (Å²) in [5, 5.41) is 39.3. The minimum atomic E-state index is -0.597. The van der Waals surface area contributed by atoms with Crippen molar-refractivity contribution in [2.24, 2.45) is 5.11 Å². The number of hydrogen-bond acceptors (Lipinski definition) is 6. The molecule has 0 aliphatic carbocycles. The molecule has 0 saturated carbocycles. The molecule has 2 aromatic carbocycles. The first-order chi connectivity index (χ1) is 10.5. The molecule has 0 aromatic heterocycles. The molecule has 2 aromatic rings. The van der Waals surface area contributed by atoms with Gasteiger partial charge in [0.15, 0.2) is 6.54 Å². The Morgan fingerprint density at radius 3 is 2.36 bits per heavy atom. The Balaban J connectivity index is 2.16. The van der Waals surface area contributed by atoms with Gasteiger partial charge >= 0.3 is 0 Å². The molecule has 112 valence electrons. The molecule has 0 amide bonds. The van der Waals surface area contributed by atoms with Crippen molar-refractivity contribution in [3.63, 3.8) is 0 Å². The van der Waals surface area contributed by atoms with Gasteiger partial charge in [0, 0.05) is 29.8 Å². The highest BCUT2D eigenvalue weighted by Gasteiger charge is 2.09. The molecule has 0 spiro atoms. The highest BCUT2D eigenvalue weighted by molar-refractivity contribution is 5.45. The summed E-state index contributed by atoms with van der Waals surface area (Å²) in [5.74, 6) is -0.354. The topological polar surface area (TPSA) is 136 Å². The summed E-state index contributed by atoms with van der Waals surface area (Å²) in [4.78, 5) is 20.1. The Morgan fingerprint density at radius 2 is 1.68 bits per heavy atom. The summed E-state index contributed by atoms with van der Waals surface area (Å²) in [5.41, 5.74) is 0.199. The van der Waals surface area contributed by atoms with Gasteiger partial charge in [-0.3, -0.25) is 20.2 Å². The van der Waals surface area contributed by atoms with E-state index in [0.717, 1.165) is 18.2 Å². The molecule has 9 heteroatoms. The first kappa shape index (κ1) is 15.0. The number of nitro benzene ring substituents is 2. The number of nitrogens with one attached hydrogen (secondary N) is 1. The van der Waals surface area contributed by atoms with Crippen molar-refractivity contribution in [3.05, 3.63) is 68.3 Å². The second kappa shape index (κ2) is 6.39. The van der Waals surface area contributed by atoms with E-state index in [0.29, 0.717) is 5.69 Å². The van der Waals surface area contributed by atoms with Gasteiger partial charge in [-0.05, 0) is 11.2 Å². The van der Waals surface area contributed by atoms with Crippen molar-refractivity contribution in [2.45, 2.75) is 6.54 Å². The van der Waals surface area contributed by atoms with Crippen molar-refractivity contribution in [1.29, 1.82) is 0 Å². The second-order valence-electron chi connectivity index (χ2n) is 4.27. The highest BCUT2D eigenvalue weighted by atomic mass is 16.6. The van der Waals surface area contributed by atoms with Crippen molar-refractivity contribution >= 4 is 17.1 Å². The Labute approximate surface area is 123 Å². The maximum atomic E-state index is 11.6. The van der Waals surface area contributed by atoms with E-state index in [2.05, 4.69) is 10.2 Å². The Hall–Kier alpha value is -3.36. The predicted octanol–water partition coefficient (Wildman–Crippen LogP) is 0.941. The van der Waals surface area contributed by atoms with Crippen LogP contribution in [0.25, 0.3) is 0 Å². The van der Waals surface area contributed by atoms with Gasteiger partial charge in [-0.1, -0.05) is 17.9 Å². The van der Waals surface area contributed by atoms with Crippen molar-refractivity contribution < 1.29 is 20.1 Å². The van der Waals surface area contributed by atoms with Gasteiger partial charge in [0.1, 0.15) is 5.69 Å². The number of rotatable bonds is 5. The average molecular weight is 302 g/mol. The van der Waals surface area contributed by atoms with Gasteiger partial charge in [0.05, 0.1) is 9.85 Å². The number of hydrogen-bond donors (Lipinski definition) is 1. The molecular weight excluding hydrogens is 292 g/mol. The van der Waals surface area contributed by atoms with Crippen LogP contribution in [-0.2, 0) is 6.54 Å². The minimum absolute atomic E-state index is 0.0246. The Morgan fingerprint density at radius 1 is 1.00 bits per heavy atom. The maximum absolute atomic E-state index is 11.6. The summed E-state index contributed by atoms with van der Waals surface area (Å²) in [7, 11) is 0. The normalized spacial score (nSPS) is 10.7. The fourth-order valence-electron chi connectivity index (χ4n) is 1.71. The van der Waals surface area contributed by atoms with E-state index in [9.17, 15) is 25.3 Å². The van der Waals surface area contributed by atoms with E-state index in [4.69, 9.17) is 0 Å². The molecule has 0 aliphatic heterocycles. The van der Waals surface area contributed by atoms with Gasteiger partial charge in [-0.2, -0.15) is 0 Å². The fourth-order valence-corrected chi connectivity index (χ4v) is 1.71. The fraction of sp³-hybridized carbons (Fsp3) is 0.0769. The number of nitrogens with zero attached hydrogens (tertiary/aromatic N) is 3. The summed E-state index contributed by atoms with van der Waals surface area (Å²) < 4.78 is 0. The molecule has 0 heterocycles. The van der Waals surface area contributed by atoms with Crippen LogP contribution >= 0.6 is 0 Å². The molecule has 0 saturated heterocycles. The molecule has 1 N–H and O–H groups in total. The maximum Gasteiger partial charge on any atom is 0.271 e. The molecule has 0 radical (unpaired) electrons. The number of non-ortho nitro benzene ring substituents is 2. The summed E-state index contributed by atoms with van der Waals surface area (Å²) in [6.45, 7) is -0.0246. The highest BCUT2D eigenvalue weighted by Crippen LogP contribution is 2.20. The first-order valence-electron chi connectivity index (χ1n) is 6.10. The molecule has 9 nitrogen and oxygen atoms in total. The van der Waals surface area contributed by atoms with E-state index in [-0.39, 0.29) is 29.2 Å². The molecule has 0 fully saturated rings. The molecule has 22 heavy (non-hydrogen) atoms. The summed E-state index contributed by atoms with van der Waals surface area (Å²) in [6.07, 6.45) is 0. The smallest absolute Gasteiger partial charge is 0.271 e. The summed E-state index contributed by atoms with van der Waals surface area (Å²) in [6, 6.07) is 9.02. The number of benzene rings is 2. The lowest BCUT2D eigenvalue weighted by atomic mass is 10.2. The minimum Gasteiger partial charge on any atom is -0.872 e. The van der Waals surface area contributed by atoms with Gasteiger partial charge < -0.3 is 5.11 Å². The van der Waals surface area contributed by atoms with Crippen LogP contribution in [0.5, 0.6) is 5.75 Å². The largest absolute Gasteiger partial charge is 0.872 e. The molecule has 0 atom stereocenters. The van der Waals surface area contributed by atoms with Gasteiger partial charge in [-0.25, -0.2) is 0 Å². The van der Waals surface area contributed by atoms with Crippen LogP contribution in [0.3, 0.4) is 0 Å². The lowest BCUT2D eigenvalue weighted by Crippen LogP contribution is -2.63. The Bertz CT molecular complexity index is 760. The van der Waals surface area contributed by atoms with Gasteiger partial charge in [-0.15, -0.1) is 5.11 Å². The zero-order valence-corrected chi connectivity index (χ0v) is 11.1. The lowest BCUT2D eigenvalue weighted by molar-refractivity contribution is -0.545. The van der Waals surface area contributed by atoms with E-state index in [1.165, 1.54) is 18.2 Å². The van der Waals surface area contributed by atoms with E-state index < -0.39 is 9.85 Å². The second-order valence-corrected chi connectivity index (χ2v) is 4.27. The average Bonchev–Trinajstić information content (AvgIpc) is 2.49. The van der Waals surface area contributed by atoms with E-state index in [1.54, 1.807) is 6.07 Å². The van der Waals surface area contributed by atoms with Crippen molar-refractivity contribution in [2.75, 3.05) is 0 Å². The standard InChI is InChI=1S/C13H10N4O5/c18-13-5-4-12(17(21)22)6-9(13)8-14-15-10-2-1-3-11(7-10)16(19)20/h1-7,18H,8H2. The third-order valence-electron chi connectivity index (χ3n) is 2.77. The predicted molar refractivity (Wildman–Crippen MR) is 72.4 cm³/mol. The van der Waals surface area contributed by atoms with Gasteiger partial charge in [0.25, 0.3) is 11.4 Å². The molecule has 0 unspecified atom stereocenters. The van der Waals surface area contributed by atoms with Gasteiger partial charge in [0.2, 0.25) is 0 Å². The third-order valence-corrected chi connectivity index (χ3v) is 2.77. The number of azo groups is 1. The first-order valence-corrected chi connectivity index (χ1v) is 6.10. The Kier molecular flexibility index (Phi) is 4.37. The van der Waals surface area contributed by atoms with Crippen LogP contribution in [0.2, 0.25) is 0 Å². The van der Waals surface area contributed by atoms with Crippen molar-refractivity contribution in [3.8, 4) is 5.75 Å². The summed E-state index contributed by atoms with van der Waals surface area (Å²) >= 11 is 0. The van der Waals surface area contributed by atoms with Crippen LogP contribution in [-0.4, -0.2) is 9.85 Å². The quantitative estimate of drug-likeness (QED) is 0.498. The zero-order chi connectivity index (χ0) is 16.1. The van der Waals surface area contributed by atoms with Crippen LogP contribution in [0, 0.1) is 20.2 Å². The van der Waals surface area contributed by atoms with E-state index in [1.807, 2.05) is 0 Å². The van der Waals surface area contributed by atoms with Crippen LogP contribution in [0.15, 0.2) is 47.6 Å². The molecular formula is C13H10N4O5. The van der Waals surface area contributed by atoms with E-state index >= 15 is 0 Å². The SMILES string of the molecule is O=[N+]([O-])c1cccc(N=[NH+]Cc2cc([N+](=O)[O-])ccc2[O-])c1. The van der Waals surface area contributed by atoms with Crippen molar-refractivity contribution in [1.82, 2.24) is 0 Å². The molecule has 0 aliphatic rings. The molecule has 0 bridgehead atoms. The lowest BCUT2D eigenvalue weighted by Gasteiger charge is -2.07. The van der Waals surface area contributed by atoms with Crippen LogP contribution < -0.4 is 10.2 Å². The third kappa shape index (κ3) is 3.60.